The van der Waals surface area contributed by atoms with Crippen molar-refractivity contribution in [1.29, 1.82) is 0 Å². The Labute approximate surface area is 152 Å². The van der Waals surface area contributed by atoms with Crippen LogP contribution in [0.25, 0.3) is 11.0 Å². The lowest BCUT2D eigenvalue weighted by molar-refractivity contribution is -0.122. The fourth-order valence-corrected chi connectivity index (χ4v) is 3.77. The van der Waals surface area contributed by atoms with Crippen LogP contribution in [0.3, 0.4) is 0 Å². The van der Waals surface area contributed by atoms with E-state index < -0.39 is 5.60 Å². The second kappa shape index (κ2) is 6.92. The van der Waals surface area contributed by atoms with Crippen LogP contribution in [0.15, 0.2) is 48.5 Å². The van der Waals surface area contributed by atoms with E-state index >= 15 is 0 Å². The van der Waals surface area contributed by atoms with Crippen molar-refractivity contribution in [3.05, 3.63) is 65.5 Å². The van der Waals surface area contributed by atoms with Crippen LogP contribution in [0.5, 0.6) is 0 Å². The van der Waals surface area contributed by atoms with Crippen LogP contribution < -0.4 is 5.32 Å². The van der Waals surface area contributed by atoms with E-state index in [4.69, 9.17) is 0 Å². The highest BCUT2D eigenvalue weighted by molar-refractivity contribution is 5.77. The number of benzene rings is 2. The van der Waals surface area contributed by atoms with E-state index in [2.05, 4.69) is 21.4 Å². The van der Waals surface area contributed by atoms with Crippen LogP contribution in [0.4, 0.5) is 0 Å². The Morgan fingerprint density at radius 2 is 2.00 bits per heavy atom. The number of hydrogen-bond donors (Lipinski definition) is 3. The molecule has 1 heterocycles. The number of imidazole rings is 1. The molecule has 0 spiro atoms. The van der Waals surface area contributed by atoms with E-state index in [1.54, 1.807) is 0 Å². The Balaban J connectivity index is 1.35. The summed E-state index contributed by atoms with van der Waals surface area (Å²) < 4.78 is 0. The zero-order valence-electron chi connectivity index (χ0n) is 14.7. The number of carbonyl (C=O) groups excluding carboxylic acids is 1. The third-order valence-corrected chi connectivity index (χ3v) is 5.16. The molecule has 2 aromatic carbocycles. The molecule has 0 radical (unpaired) electrons. The van der Waals surface area contributed by atoms with Crippen LogP contribution in [-0.4, -0.2) is 27.5 Å². The minimum atomic E-state index is -0.968. The number of carbonyl (C=O) groups is 1. The topological polar surface area (TPSA) is 78.0 Å². The number of nitrogens with zero attached hydrogens (tertiary/aromatic N) is 1. The first-order valence-corrected chi connectivity index (χ1v) is 9.15. The molecule has 3 aromatic rings. The number of aliphatic hydroxyl groups is 1. The number of H-pyrrole nitrogens is 1. The van der Waals surface area contributed by atoms with Gasteiger partial charge in [-0.15, -0.1) is 0 Å². The van der Waals surface area contributed by atoms with Crippen LogP contribution in [-0.2, 0) is 23.2 Å². The van der Waals surface area contributed by atoms with Crippen molar-refractivity contribution < 1.29 is 9.90 Å². The number of rotatable bonds is 5. The predicted octanol–water partition coefficient (Wildman–Crippen LogP) is 2.84. The molecule has 0 saturated heterocycles. The monoisotopic (exact) mass is 349 g/mol. The van der Waals surface area contributed by atoms with E-state index in [0.29, 0.717) is 19.3 Å². The average Bonchev–Trinajstić information content (AvgIpc) is 3.08. The standard InChI is InChI=1S/C21H23N3O2/c25-20(12-11-19-23-17-9-3-4-10-18(17)24-19)22-14-21(26)13-5-7-15-6-1-2-8-16(15)21/h1-4,6,8-10,26H,5,7,11-14H2,(H,22,25)(H,23,24)/t21-/m0/s1. The summed E-state index contributed by atoms with van der Waals surface area (Å²) in [6, 6.07) is 15.8. The van der Waals surface area contributed by atoms with Gasteiger partial charge in [0.1, 0.15) is 11.4 Å². The first-order valence-electron chi connectivity index (χ1n) is 9.15. The maximum atomic E-state index is 12.3. The van der Waals surface area contributed by atoms with Gasteiger partial charge in [0.2, 0.25) is 5.91 Å². The molecular weight excluding hydrogens is 326 g/mol. The summed E-state index contributed by atoms with van der Waals surface area (Å²) >= 11 is 0. The van der Waals surface area contributed by atoms with Gasteiger partial charge < -0.3 is 15.4 Å². The van der Waals surface area contributed by atoms with Gasteiger partial charge in [-0.1, -0.05) is 36.4 Å². The molecule has 1 atom stereocenters. The Morgan fingerprint density at radius 1 is 1.19 bits per heavy atom. The summed E-state index contributed by atoms with van der Waals surface area (Å²) in [4.78, 5) is 20.0. The lowest BCUT2D eigenvalue weighted by Crippen LogP contribution is -2.43. The molecule has 134 valence electrons. The molecule has 3 N–H and O–H groups in total. The lowest BCUT2D eigenvalue weighted by Gasteiger charge is -2.34. The minimum Gasteiger partial charge on any atom is -0.383 e. The van der Waals surface area contributed by atoms with Crippen LogP contribution in [0.2, 0.25) is 0 Å². The summed E-state index contributed by atoms with van der Waals surface area (Å²) in [5, 5.41) is 13.9. The molecule has 0 aliphatic heterocycles. The molecule has 4 rings (SSSR count). The van der Waals surface area contributed by atoms with Crippen molar-refractivity contribution >= 4 is 16.9 Å². The van der Waals surface area contributed by atoms with Crippen molar-refractivity contribution in [1.82, 2.24) is 15.3 Å². The highest BCUT2D eigenvalue weighted by atomic mass is 16.3. The number of aromatic amines is 1. The second-order valence-corrected chi connectivity index (χ2v) is 7.02. The molecule has 0 fully saturated rings. The molecular formula is C21H23N3O2. The molecule has 5 nitrogen and oxygen atoms in total. The molecule has 1 aromatic heterocycles. The van der Waals surface area contributed by atoms with Crippen molar-refractivity contribution in [3.8, 4) is 0 Å². The third-order valence-electron chi connectivity index (χ3n) is 5.16. The molecule has 1 amide bonds. The van der Waals surface area contributed by atoms with E-state index in [0.717, 1.165) is 35.3 Å². The van der Waals surface area contributed by atoms with Gasteiger partial charge in [0.25, 0.3) is 0 Å². The molecule has 1 aliphatic carbocycles. The molecule has 5 heteroatoms. The minimum absolute atomic E-state index is 0.0677. The fraction of sp³-hybridized carbons (Fsp3) is 0.333. The van der Waals surface area contributed by atoms with E-state index in [9.17, 15) is 9.90 Å². The maximum Gasteiger partial charge on any atom is 0.220 e. The predicted molar refractivity (Wildman–Crippen MR) is 101 cm³/mol. The van der Waals surface area contributed by atoms with Gasteiger partial charge in [-0.2, -0.15) is 0 Å². The van der Waals surface area contributed by atoms with Crippen molar-refractivity contribution in [2.45, 2.75) is 37.7 Å². The molecule has 0 bridgehead atoms. The Bertz CT molecular complexity index is 901. The summed E-state index contributed by atoms with van der Waals surface area (Å²) in [6.07, 6.45) is 3.49. The van der Waals surface area contributed by atoms with Crippen molar-refractivity contribution in [2.75, 3.05) is 6.54 Å². The van der Waals surface area contributed by atoms with Gasteiger partial charge >= 0.3 is 0 Å². The number of aromatic nitrogens is 2. The van der Waals surface area contributed by atoms with E-state index in [-0.39, 0.29) is 12.5 Å². The van der Waals surface area contributed by atoms with Gasteiger partial charge in [0.15, 0.2) is 0 Å². The van der Waals surface area contributed by atoms with Gasteiger partial charge in [-0.05, 0) is 42.5 Å². The fourth-order valence-electron chi connectivity index (χ4n) is 3.77. The second-order valence-electron chi connectivity index (χ2n) is 7.02. The van der Waals surface area contributed by atoms with Gasteiger partial charge in [0.05, 0.1) is 17.6 Å². The molecule has 1 aliphatic rings. The Kier molecular flexibility index (Phi) is 4.47. The summed E-state index contributed by atoms with van der Waals surface area (Å²) in [6.45, 7) is 0.253. The average molecular weight is 349 g/mol. The van der Waals surface area contributed by atoms with Gasteiger partial charge in [0, 0.05) is 12.8 Å². The zero-order chi connectivity index (χ0) is 18.0. The number of aryl methyl sites for hydroxylation is 2. The molecule has 0 unspecified atom stereocenters. The largest absolute Gasteiger partial charge is 0.383 e. The van der Waals surface area contributed by atoms with E-state index in [1.807, 2.05) is 42.5 Å². The van der Waals surface area contributed by atoms with E-state index in [1.165, 1.54) is 5.56 Å². The van der Waals surface area contributed by atoms with Crippen LogP contribution in [0, 0.1) is 0 Å². The smallest absolute Gasteiger partial charge is 0.220 e. The Morgan fingerprint density at radius 3 is 2.88 bits per heavy atom. The molecule has 26 heavy (non-hydrogen) atoms. The van der Waals surface area contributed by atoms with Crippen LogP contribution >= 0.6 is 0 Å². The van der Waals surface area contributed by atoms with Crippen molar-refractivity contribution in [3.63, 3.8) is 0 Å². The number of hydrogen-bond acceptors (Lipinski definition) is 3. The maximum absolute atomic E-state index is 12.3. The summed E-state index contributed by atoms with van der Waals surface area (Å²) in [5.41, 5.74) is 3.05. The first-order chi connectivity index (χ1) is 12.6. The summed E-state index contributed by atoms with van der Waals surface area (Å²) in [7, 11) is 0. The molecule has 0 saturated carbocycles. The quantitative estimate of drug-likeness (QED) is 0.663. The van der Waals surface area contributed by atoms with Gasteiger partial charge in [-0.3, -0.25) is 4.79 Å². The lowest BCUT2D eigenvalue weighted by atomic mass is 9.79. The number of fused-ring (bicyclic) bond motifs is 2. The van der Waals surface area contributed by atoms with Crippen molar-refractivity contribution in [2.24, 2.45) is 0 Å². The highest BCUT2D eigenvalue weighted by Gasteiger charge is 2.34. The number of para-hydroxylation sites is 2. The number of amides is 1. The third kappa shape index (κ3) is 3.35. The highest BCUT2D eigenvalue weighted by Crippen LogP contribution is 2.34. The summed E-state index contributed by atoms with van der Waals surface area (Å²) in [5.74, 6) is 0.741. The van der Waals surface area contributed by atoms with Gasteiger partial charge in [-0.25, -0.2) is 4.98 Å². The zero-order valence-corrected chi connectivity index (χ0v) is 14.7. The first kappa shape index (κ1) is 16.8. The SMILES string of the molecule is O=C(CCc1nc2ccccc2[nH]1)NC[C@@]1(O)CCCc2ccccc21. The Hall–Kier alpha value is -2.66. The normalized spacial score (nSPS) is 19.3. The van der Waals surface area contributed by atoms with Crippen LogP contribution in [0.1, 0.15) is 36.2 Å². The number of nitrogens with one attached hydrogen (secondary N) is 2.